The summed E-state index contributed by atoms with van der Waals surface area (Å²) in [6.45, 7) is 4.64. The summed E-state index contributed by atoms with van der Waals surface area (Å²) in [6, 6.07) is 18.2. The highest BCUT2D eigenvalue weighted by molar-refractivity contribution is 6.19. The number of nitrogens with zero attached hydrogens (tertiary/aromatic N) is 1. The first kappa shape index (κ1) is 37.3. The number of carbonyl (C=O) groups is 3. The van der Waals surface area contributed by atoms with E-state index in [0.29, 0.717) is 47.2 Å². The number of alkyl halides is 1. The van der Waals surface area contributed by atoms with Crippen LogP contribution >= 0.6 is 11.6 Å². The number of ether oxygens (including phenoxy) is 1. The second-order valence-electron chi connectivity index (χ2n) is 14.6. The van der Waals surface area contributed by atoms with Crippen LogP contribution in [-0.4, -0.2) is 40.2 Å². The lowest BCUT2D eigenvalue weighted by Gasteiger charge is -2.18. The fourth-order valence-corrected chi connectivity index (χ4v) is 8.03. The minimum Gasteiger partial charge on any atom is -0.451 e. The molecule has 0 saturated heterocycles. The molecule has 6 aromatic rings. The number of carbonyl (C=O) groups excluding carboxylic acids is 3. The number of amides is 2. The summed E-state index contributed by atoms with van der Waals surface area (Å²) in [4.78, 5) is 48.7. The van der Waals surface area contributed by atoms with Crippen molar-refractivity contribution in [2.75, 3.05) is 22.6 Å². The van der Waals surface area contributed by atoms with Crippen molar-refractivity contribution < 1.29 is 23.5 Å². The Balaban J connectivity index is 1.03. The summed E-state index contributed by atoms with van der Waals surface area (Å²) in [5, 5.41) is 5.46. The number of unbranched alkanes of at least 4 members (excludes halogenated alkanes) is 10. The molecule has 0 fully saturated rings. The number of H-pyrrole nitrogens is 2. The number of esters is 1. The molecule has 0 saturated carbocycles. The molecule has 7 rings (SSSR count). The van der Waals surface area contributed by atoms with E-state index in [1.54, 1.807) is 23.1 Å². The molecule has 282 valence electrons. The van der Waals surface area contributed by atoms with E-state index in [2.05, 4.69) is 22.2 Å². The van der Waals surface area contributed by atoms with Gasteiger partial charge in [0, 0.05) is 64.4 Å². The molecule has 1 aliphatic heterocycles. The number of para-hydroxylation sites is 1. The van der Waals surface area contributed by atoms with Gasteiger partial charge < -0.3 is 29.3 Å². The van der Waals surface area contributed by atoms with Crippen LogP contribution < -0.4 is 15.0 Å². The van der Waals surface area contributed by atoms with Crippen LogP contribution in [-0.2, 0) is 4.79 Å². The van der Waals surface area contributed by atoms with Crippen LogP contribution in [0.5, 0.6) is 5.75 Å². The van der Waals surface area contributed by atoms with Gasteiger partial charge in [0.05, 0.1) is 11.2 Å². The summed E-state index contributed by atoms with van der Waals surface area (Å²) in [5.41, 5.74) is 5.77. The lowest BCUT2D eigenvalue weighted by molar-refractivity contribution is -0.134. The van der Waals surface area contributed by atoms with Gasteiger partial charge in [0.1, 0.15) is 11.3 Å². The molecule has 9 nitrogen and oxygen atoms in total. The molecule has 1 atom stereocenters. The zero-order valence-electron chi connectivity index (χ0n) is 31.2. The van der Waals surface area contributed by atoms with Crippen molar-refractivity contribution in [2.24, 2.45) is 0 Å². The number of hydrogen-bond donors (Lipinski definition) is 3. The number of nitrogens with one attached hydrogen (secondary N) is 3. The highest BCUT2D eigenvalue weighted by Gasteiger charge is 2.37. The number of fused-ring (bicyclic) bond motifs is 5. The van der Waals surface area contributed by atoms with Crippen LogP contribution in [0.25, 0.3) is 32.8 Å². The monoisotopic (exact) mass is 748 g/mol. The normalized spacial score (nSPS) is 14.0. The number of rotatable bonds is 17. The highest BCUT2D eigenvalue weighted by atomic mass is 35.5. The summed E-state index contributed by atoms with van der Waals surface area (Å²) in [7, 11) is 0. The Kier molecular flexibility index (Phi) is 11.7. The summed E-state index contributed by atoms with van der Waals surface area (Å²) in [5.74, 6) is -0.00186. The third-order valence-electron chi connectivity index (χ3n) is 10.6. The lowest BCUT2D eigenvalue weighted by Crippen LogP contribution is -2.30. The van der Waals surface area contributed by atoms with Crippen molar-refractivity contribution in [3.63, 3.8) is 0 Å². The second-order valence-corrected chi connectivity index (χ2v) is 15.0. The van der Waals surface area contributed by atoms with Crippen LogP contribution in [0.15, 0.2) is 71.3 Å². The van der Waals surface area contributed by atoms with E-state index < -0.39 is 0 Å². The summed E-state index contributed by atoms with van der Waals surface area (Å²) in [6.07, 6.45) is 15.6. The Labute approximate surface area is 320 Å². The zero-order valence-corrected chi connectivity index (χ0v) is 32.0. The molecule has 10 heteroatoms. The Morgan fingerprint density at radius 3 is 2.39 bits per heavy atom. The molecule has 3 N–H and O–H groups in total. The van der Waals surface area contributed by atoms with Crippen molar-refractivity contribution in [3.8, 4) is 5.75 Å². The number of anilines is 2. The summed E-state index contributed by atoms with van der Waals surface area (Å²) < 4.78 is 11.7. The van der Waals surface area contributed by atoms with Gasteiger partial charge in [-0.25, -0.2) is 0 Å². The fourth-order valence-electron chi connectivity index (χ4n) is 7.78. The quantitative estimate of drug-likeness (QED) is 0.0371. The summed E-state index contributed by atoms with van der Waals surface area (Å²) >= 11 is 6.54. The molecule has 3 aromatic heterocycles. The van der Waals surface area contributed by atoms with Crippen molar-refractivity contribution in [3.05, 3.63) is 89.4 Å². The van der Waals surface area contributed by atoms with Crippen LogP contribution in [0.4, 0.5) is 11.4 Å². The molecular formula is C44H49ClN4O5. The first-order valence-electron chi connectivity index (χ1n) is 19.5. The average Bonchev–Trinajstić information content (AvgIpc) is 3.97. The number of hydrogen-bond acceptors (Lipinski definition) is 5. The topological polar surface area (TPSA) is 120 Å². The molecule has 0 bridgehead atoms. The van der Waals surface area contributed by atoms with Gasteiger partial charge in [0.15, 0.2) is 11.5 Å². The Hall–Kier alpha value is -5.02. The Morgan fingerprint density at radius 1 is 0.907 bits per heavy atom. The second kappa shape index (κ2) is 17.0. The molecule has 4 heterocycles. The molecule has 2 amide bonds. The van der Waals surface area contributed by atoms with Crippen LogP contribution in [0.2, 0.25) is 0 Å². The third-order valence-corrected chi connectivity index (χ3v) is 11.0. The fraction of sp³-hybridized carbons (Fsp3) is 0.386. The predicted molar refractivity (Wildman–Crippen MR) is 217 cm³/mol. The molecule has 0 radical (unpaired) electrons. The van der Waals surface area contributed by atoms with Gasteiger partial charge in [0.25, 0.3) is 11.8 Å². The third kappa shape index (κ3) is 8.06. The number of furan rings is 1. The molecule has 1 aliphatic rings. The molecule has 0 spiro atoms. The SMILES string of the molecule is CCCCCCCCCCCCCC(=O)Oc1cc2c(c3c(C)c[nH]c13)[C@H](CCl)CN2C(=O)c1cc2cc(NC(=O)c3cc4ccccc4o3)ccc2[nH]1. The van der Waals surface area contributed by atoms with Gasteiger partial charge >= 0.3 is 5.97 Å². The maximum Gasteiger partial charge on any atom is 0.311 e. The van der Waals surface area contributed by atoms with Crippen molar-refractivity contribution in [1.82, 2.24) is 9.97 Å². The Bertz CT molecular complexity index is 2250. The standard InChI is InChI=1S/C44H49ClN4O5/c1-3-4-5-6-7-8-9-10-11-12-13-18-39(50)54-37-24-35-41(40-28(2)26-46-42(37)40)31(25-45)27-49(35)44(52)34-22-30-21-32(19-20-33(30)48-34)47-43(51)38-23-29-16-14-15-17-36(29)53-38/h14-17,19-24,26,31,46,48H,3-13,18,25,27H2,1-2H3,(H,47,51)/t31-/m1/s1. The van der Waals surface area contributed by atoms with E-state index in [4.69, 9.17) is 20.8 Å². The van der Waals surface area contributed by atoms with Gasteiger partial charge in [-0.15, -0.1) is 11.6 Å². The molecule has 54 heavy (non-hydrogen) atoms. The lowest BCUT2D eigenvalue weighted by atomic mass is 9.96. The Morgan fingerprint density at radius 2 is 1.65 bits per heavy atom. The molecule has 0 unspecified atom stereocenters. The predicted octanol–water partition coefficient (Wildman–Crippen LogP) is 11.5. The van der Waals surface area contributed by atoms with Gasteiger partial charge in [-0.2, -0.15) is 0 Å². The maximum atomic E-state index is 14.2. The van der Waals surface area contributed by atoms with Gasteiger partial charge in [-0.3, -0.25) is 14.4 Å². The first-order chi connectivity index (χ1) is 26.3. The van der Waals surface area contributed by atoms with E-state index in [1.807, 2.05) is 55.6 Å². The van der Waals surface area contributed by atoms with Crippen LogP contribution in [0.3, 0.4) is 0 Å². The van der Waals surface area contributed by atoms with Gasteiger partial charge in [0.2, 0.25) is 0 Å². The van der Waals surface area contributed by atoms with Crippen molar-refractivity contribution >= 4 is 73.5 Å². The number of aromatic nitrogens is 2. The van der Waals surface area contributed by atoms with Crippen LogP contribution in [0.1, 0.15) is 122 Å². The number of aromatic amines is 2. The van der Waals surface area contributed by atoms with E-state index in [-0.39, 0.29) is 29.5 Å². The molecule has 3 aromatic carbocycles. The van der Waals surface area contributed by atoms with E-state index in [0.717, 1.165) is 57.6 Å². The number of benzene rings is 3. The van der Waals surface area contributed by atoms with Crippen LogP contribution in [0, 0.1) is 6.92 Å². The largest absolute Gasteiger partial charge is 0.451 e. The van der Waals surface area contributed by atoms with E-state index >= 15 is 0 Å². The maximum absolute atomic E-state index is 14.2. The smallest absolute Gasteiger partial charge is 0.311 e. The van der Waals surface area contributed by atoms with Gasteiger partial charge in [-0.1, -0.05) is 89.3 Å². The highest BCUT2D eigenvalue weighted by Crippen LogP contribution is 2.47. The van der Waals surface area contributed by atoms with E-state index in [1.165, 1.54) is 51.4 Å². The number of halogens is 1. The first-order valence-corrected chi connectivity index (χ1v) is 20.0. The minimum absolute atomic E-state index is 0.104. The zero-order chi connectivity index (χ0) is 37.6. The van der Waals surface area contributed by atoms with Crippen molar-refractivity contribution in [1.29, 1.82) is 0 Å². The van der Waals surface area contributed by atoms with Crippen molar-refractivity contribution in [2.45, 2.75) is 96.8 Å². The van der Waals surface area contributed by atoms with Gasteiger partial charge in [-0.05, 0) is 60.9 Å². The molecule has 0 aliphatic carbocycles. The number of aryl methyl sites for hydroxylation is 1. The molecular weight excluding hydrogens is 700 g/mol. The minimum atomic E-state index is -0.361. The van der Waals surface area contributed by atoms with E-state index in [9.17, 15) is 14.4 Å². The average molecular weight is 749 g/mol.